The summed E-state index contributed by atoms with van der Waals surface area (Å²) in [5, 5.41) is 1.11. The summed E-state index contributed by atoms with van der Waals surface area (Å²) in [5.41, 5.74) is 1.66. The zero-order valence-electron chi connectivity index (χ0n) is 13.8. The van der Waals surface area contributed by atoms with Crippen molar-refractivity contribution in [2.24, 2.45) is 0 Å². The first-order valence-electron chi connectivity index (χ1n) is 8.06. The molecular formula is C20H19BrO2S. The molecular weight excluding hydrogens is 384 g/mol. The Balaban J connectivity index is 1.90. The third-order valence-electron chi connectivity index (χ3n) is 3.93. The van der Waals surface area contributed by atoms with Gasteiger partial charge in [0.05, 0.1) is 16.0 Å². The molecule has 24 heavy (non-hydrogen) atoms. The molecule has 0 N–H and O–H groups in total. The highest BCUT2D eigenvalue weighted by atomic mass is 79.9. The molecule has 0 radical (unpaired) electrons. The van der Waals surface area contributed by atoms with Gasteiger partial charge in [-0.25, -0.2) is 0 Å². The highest BCUT2D eigenvalue weighted by molar-refractivity contribution is 9.10. The normalized spacial score (nSPS) is 11.0. The Hall–Kier alpha value is -1.65. The summed E-state index contributed by atoms with van der Waals surface area (Å²) in [6.45, 7) is 4.79. The Bertz CT molecular complexity index is 849. The molecule has 3 aromatic rings. The molecule has 0 spiro atoms. The van der Waals surface area contributed by atoms with E-state index in [0.29, 0.717) is 6.61 Å². The molecule has 0 atom stereocenters. The fourth-order valence-electron chi connectivity index (χ4n) is 2.56. The van der Waals surface area contributed by atoms with E-state index in [4.69, 9.17) is 4.74 Å². The van der Waals surface area contributed by atoms with Crippen molar-refractivity contribution in [3.05, 3.63) is 62.9 Å². The van der Waals surface area contributed by atoms with Gasteiger partial charge in [-0.15, -0.1) is 11.3 Å². The van der Waals surface area contributed by atoms with Gasteiger partial charge in [-0.05, 0) is 64.5 Å². The van der Waals surface area contributed by atoms with Crippen LogP contribution in [-0.4, -0.2) is 12.4 Å². The molecule has 124 valence electrons. The molecule has 3 rings (SSSR count). The number of unbranched alkanes of at least 4 members (excludes halogenated alkanes) is 1. The summed E-state index contributed by atoms with van der Waals surface area (Å²) in [6.07, 6.45) is 2.12. The fraction of sp³-hybridized carbons (Fsp3) is 0.250. The number of carbonyl (C=O) groups excluding carboxylic acids is 1. The molecule has 1 aromatic heterocycles. The molecule has 2 nitrogen and oxygen atoms in total. The van der Waals surface area contributed by atoms with Crippen molar-refractivity contribution in [3.63, 3.8) is 0 Å². The van der Waals surface area contributed by atoms with Gasteiger partial charge >= 0.3 is 0 Å². The summed E-state index contributed by atoms with van der Waals surface area (Å²) in [6, 6.07) is 13.9. The Kier molecular flexibility index (Phi) is 5.36. The lowest BCUT2D eigenvalue weighted by Gasteiger charge is -2.11. The van der Waals surface area contributed by atoms with Crippen LogP contribution in [0, 0.1) is 6.92 Å². The van der Waals surface area contributed by atoms with Gasteiger partial charge in [-0.1, -0.05) is 31.5 Å². The predicted octanol–water partition coefficient (Wildman–Crippen LogP) is 6.38. The lowest BCUT2D eigenvalue weighted by Crippen LogP contribution is -2.04. The number of halogens is 1. The molecule has 1 heterocycles. The third kappa shape index (κ3) is 3.55. The van der Waals surface area contributed by atoms with Crippen molar-refractivity contribution in [2.75, 3.05) is 6.61 Å². The Morgan fingerprint density at radius 2 is 2.00 bits per heavy atom. The summed E-state index contributed by atoms with van der Waals surface area (Å²) >= 11 is 5.07. The Labute approximate surface area is 154 Å². The number of carbonyl (C=O) groups is 1. The summed E-state index contributed by atoms with van der Waals surface area (Å²) in [4.78, 5) is 13.7. The van der Waals surface area contributed by atoms with E-state index >= 15 is 0 Å². The van der Waals surface area contributed by atoms with Crippen LogP contribution in [0.4, 0.5) is 0 Å². The smallest absolute Gasteiger partial charge is 0.203 e. The molecule has 4 heteroatoms. The van der Waals surface area contributed by atoms with E-state index in [0.717, 1.165) is 49.2 Å². The van der Waals surface area contributed by atoms with E-state index in [1.54, 1.807) is 0 Å². The highest BCUT2D eigenvalue weighted by Gasteiger charge is 2.17. The largest absolute Gasteiger partial charge is 0.492 e. The van der Waals surface area contributed by atoms with Gasteiger partial charge in [0.15, 0.2) is 0 Å². The van der Waals surface area contributed by atoms with Crippen LogP contribution in [0.2, 0.25) is 0 Å². The maximum absolute atomic E-state index is 12.9. The van der Waals surface area contributed by atoms with Crippen molar-refractivity contribution in [1.82, 2.24) is 0 Å². The Morgan fingerprint density at radius 3 is 2.75 bits per heavy atom. The topological polar surface area (TPSA) is 26.3 Å². The average molecular weight is 403 g/mol. The second-order valence-electron chi connectivity index (χ2n) is 5.78. The van der Waals surface area contributed by atoms with Crippen molar-refractivity contribution in [1.29, 1.82) is 0 Å². The van der Waals surface area contributed by atoms with Crippen molar-refractivity contribution in [2.45, 2.75) is 26.7 Å². The molecule has 0 aliphatic heterocycles. The van der Waals surface area contributed by atoms with E-state index < -0.39 is 0 Å². The van der Waals surface area contributed by atoms with Crippen molar-refractivity contribution < 1.29 is 9.53 Å². The van der Waals surface area contributed by atoms with Crippen LogP contribution < -0.4 is 4.74 Å². The quantitative estimate of drug-likeness (QED) is 0.353. The number of aryl methyl sites for hydroxylation is 1. The number of ketones is 1. The predicted molar refractivity (Wildman–Crippen MR) is 105 cm³/mol. The number of hydrogen-bond donors (Lipinski definition) is 0. The number of rotatable bonds is 6. The van der Waals surface area contributed by atoms with Crippen LogP contribution in [0.3, 0.4) is 0 Å². The third-order valence-corrected chi connectivity index (χ3v) is 5.66. The van der Waals surface area contributed by atoms with Crippen LogP contribution in [-0.2, 0) is 0 Å². The van der Waals surface area contributed by atoms with E-state index in [1.165, 1.54) is 11.3 Å². The number of thiophene rings is 1. The zero-order chi connectivity index (χ0) is 17.1. The molecule has 0 amide bonds. The summed E-state index contributed by atoms with van der Waals surface area (Å²) in [5.74, 6) is 0.864. The van der Waals surface area contributed by atoms with E-state index in [1.807, 2.05) is 49.4 Å². The molecule has 2 aromatic carbocycles. The minimum Gasteiger partial charge on any atom is -0.492 e. The lowest BCUT2D eigenvalue weighted by atomic mass is 10.0. The minimum absolute atomic E-state index is 0.0644. The van der Waals surface area contributed by atoms with Crippen molar-refractivity contribution >= 4 is 43.1 Å². The van der Waals surface area contributed by atoms with Gasteiger partial charge in [0.1, 0.15) is 5.75 Å². The number of ether oxygens (including phenoxy) is 1. The Morgan fingerprint density at radius 1 is 1.21 bits per heavy atom. The second-order valence-corrected chi connectivity index (χ2v) is 7.72. The lowest BCUT2D eigenvalue weighted by molar-refractivity contribution is 0.104. The summed E-state index contributed by atoms with van der Waals surface area (Å²) < 4.78 is 7.75. The van der Waals surface area contributed by atoms with Gasteiger partial charge in [0, 0.05) is 10.3 Å². The van der Waals surface area contributed by atoms with Crippen LogP contribution in [0.15, 0.2) is 46.9 Å². The first kappa shape index (κ1) is 17.2. The number of hydrogen-bond acceptors (Lipinski definition) is 3. The molecule has 0 saturated heterocycles. The average Bonchev–Trinajstić information content (AvgIpc) is 3.01. The van der Waals surface area contributed by atoms with Gasteiger partial charge in [-0.3, -0.25) is 4.79 Å². The van der Waals surface area contributed by atoms with Crippen LogP contribution >= 0.6 is 27.3 Å². The molecule has 0 unspecified atom stereocenters. The minimum atomic E-state index is 0.0644. The first-order valence-corrected chi connectivity index (χ1v) is 9.67. The fourth-order valence-corrected chi connectivity index (χ4v) is 4.04. The van der Waals surface area contributed by atoms with Crippen molar-refractivity contribution in [3.8, 4) is 5.75 Å². The van der Waals surface area contributed by atoms with Crippen LogP contribution in [0.1, 0.15) is 40.6 Å². The van der Waals surface area contributed by atoms with Crippen LogP contribution in [0.5, 0.6) is 5.75 Å². The van der Waals surface area contributed by atoms with E-state index in [-0.39, 0.29) is 5.78 Å². The monoisotopic (exact) mass is 402 g/mol. The van der Waals surface area contributed by atoms with Gasteiger partial charge < -0.3 is 4.74 Å². The summed E-state index contributed by atoms with van der Waals surface area (Å²) in [7, 11) is 0. The maximum Gasteiger partial charge on any atom is 0.203 e. The number of fused-ring (bicyclic) bond motifs is 1. The SMILES string of the molecule is CCCCOc1cc(C)c(C(=O)c2cc3ccccc3s2)cc1Br. The molecule has 0 fully saturated rings. The molecule has 0 aliphatic carbocycles. The maximum atomic E-state index is 12.9. The van der Waals surface area contributed by atoms with Gasteiger partial charge in [0.25, 0.3) is 0 Å². The van der Waals surface area contributed by atoms with Crippen LogP contribution in [0.25, 0.3) is 10.1 Å². The van der Waals surface area contributed by atoms with E-state index in [9.17, 15) is 4.79 Å². The second kappa shape index (κ2) is 7.49. The molecule has 0 aliphatic rings. The molecule has 0 bridgehead atoms. The van der Waals surface area contributed by atoms with Gasteiger partial charge in [-0.2, -0.15) is 0 Å². The first-order chi connectivity index (χ1) is 11.6. The van der Waals surface area contributed by atoms with E-state index in [2.05, 4.69) is 22.9 Å². The zero-order valence-corrected chi connectivity index (χ0v) is 16.2. The standard InChI is InChI=1S/C20H19BrO2S/c1-3-4-9-23-17-10-13(2)15(12-16(17)21)20(22)19-11-14-7-5-6-8-18(14)24-19/h5-8,10-12H,3-4,9H2,1-2H3. The number of benzene rings is 2. The van der Waals surface area contributed by atoms with Gasteiger partial charge in [0.2, 0.25) is 5.78 Å². The molecule has 0 saturated carbocycles. The highest BCUT2D eigenvalue weighted by Crippen LogP contribution is 2.32.